The predicted octanol–water partition coefficient (Wildman–Crippen LogP) is 2.02. The van der Waals surface area contributed by atoms with E-state index in [1.165, 1.54) is 16.2 Å². The van der Waals surface area contributed by atoms with E-state index in [-0.39, 0.29) is 54.4 Å². The number of aromatic nitrogens is 2. The zero-order chi connectivity index (χ0) is 18.3. The van der Waals surface area contributed by atoms with E-state index in [0.717, 1.165) is 30.7 Å². The number of allylic oxidation sites excluding steroid dienone is 2. The lowest BCUT2D eigenvalue weighted by Gasteiger charge is -2.38. The van der Waals surface area contributed by atoms with Gasteiger partial charge in [-0.15, -0.1) is 10.2 Å². The summed E-state index contributed by atoms with van der Waals surface area (Å²) in [6.45, 7) is 2.19. The van der Waals surface area contributed by atoms with Crippen LogP contribution >= 0.6 is 11.3 Å². The maximum absolute atomic E-state index is 12.7. The zero-order valence-electron chi connectivity index (χ0n) is 14.7. The third kappa shape index (κ3) is 2.96. The van der Waals surface area contributed by atoms with Gasteiger partial charge in [0.25, 0.3) is 0 Å². The molecule has 5 rings (SSSR count). The number of carbonyl (C=O) groups excluding carboxylic acids is 3. The molecule has 138 valence electrons. The number of aryl methyl sites for hydroxylation is 1. The number of rotatable bonds is 6. The van der Waals surface area contributed by atoms with Crippen molar-refractivity contribution in [3.63, 3.8) is 0 Å². The molecule has 0 unspecified atom stereocenters. The largest absolute Gasteiger partial charge is 0.300 e. The van der Waals surface area contributed by atoms with Crippen LogP contribution in [0.5, 0.6) is 0 Å². The Morgan fingerprint density at radius 2 is 1.85 bits per heavy atom. The number of anilines is 1. The first-order valence-electron chi connectivity index (χ1n) is 9.24. The molecular formula is C18H22N4O3S. The average molecular weight is 374 g/mol. The summed E-state index contributed by atoms with van der Waals surface area (Å²) in [7, 11) is 0. The van der Waals surface area contributed by atoms with E-state index in [4.69, 9.17) is 0 Å². The van der Waals surface area contributed by atoms with Crippen molar-refractivity contribution >= 4 is 34.2 Å². The maximum atomic E-state index is 12.7. The number of likely N-dealkylation sites (tertiary alicyclic amines) is 1. The normalized spacial score (nSPS) is 29.3. The summed E-state index contributed by atoms with van der Waals surface area (Å²) in [6, 6.07) is 0. The smallest absolute Gasteiger partial charge is 0.233 e. The summed E-state index contributed by atoms with van der Waals surface area (Å²) in [5, 5.41) is 12.0. The van der Waals surface area contributed by atoms with Crippen molar-refractivity contribution in [2.75, 3.05) is 11.9 Å². The van der Waals surface area contributed by atoms with Crippen molar-refractivity contribution in [1.82, 2.24) is 15.1 Å². The fourth-order valence-corrected chi connectivity index (χ4v) is 5.23. The van der Waals surface area contributed by atoms with Gasteiger partial charge in [-0.25, -0.2) is 0 Å². The van der Waals surface area contributed by atoms with Crippen molar-refractivity contribution in [2.45, 2.75) is 39.0 Å². The number of hydrogen-bond acceptors (Lipinski definition) is 6. The molecule has 1 saturated carbocycles. The summed E-state index contributed by atoms with van der Waals surface area (Å²) in [6.07, 6.45) is 8.05. The lowest BCUT2D eigenvalue weighted by Crippen LogP contribution is -2.38. The molecule has 0 spiro atoms. The number of imide groups is 1. The van der Waals surface area contributed by atoms with E-state index >= 15 is 0 Å². The van der Waals surface area contributed by atoms with Crippen molar-refractivity contribution in [3.8, 4) is 0 Å². The van der Waals surface area contributed by atoms with Crippen molar-refractivity contribution in [3.05, 3.63) is 17.2 Å². The number of fused-ring (bicyclic) bond motifs is 1. The molecule has 3 amide bonds. The summed E-state index contributed by atoms with van der Waals surface area (Å²) in [5.41, 5.74) is 0. The van der Waals surface area contributed by atoms with Gasteiger partial charge in [0.1, 0.15) is 5.01 Å². The number of hydrogen-bond donors (Lipinski definition) is 1. The molecule has 2 bridgehead atoms. The standard InChI is InChI=1S/C18H22N4O3S/c1-2-3-13-20-21-18(26-13)19-12(23)8-9-22-16(24)14-10-4-5-11(7-6-10)15(14)17(22)25/h4-5,10-11,14-15H,2-3,6-9H2,1H3,(H,19,21,23)/t10-,11-,14-,15-/m0/s1. The van der Waals surface area contributed by atoms with Crippen LogP contribution in [0.3, 0.4) is 0 Å². The molecule has 3 aliphatic carbocycles. The van der Waals surface area contributed by atoms with E-state index in [0.29, 0.717) is 5.13 Å². The SMILES string of the molecule is CCCc1nnc(NC(=O)CCN2C(=O)[C@@H]3[C@@H](C2=O)[C@H]2C=C[C@H]3CC2)s1. The van der Waals surface area contributed by atoms with Crippen LogP contribution in [0, 0.1) is 23.7 Å². The second kappa shape index (κ2) is 6.90. The Morgan fingerprint density at radius 1 is 1.19 bits per heavy atom. The molecule has 4 atom stereocenters. The average Bonchev–Trinajstić information content (AvgIpc) is 3.19. The number of carbonyl (C=O) groups is 3. The molecule has 0 radical (unpaired) electrons. The number of amides is 3. The van der Waals surface area contributed by atoms with Crippen molar-refractivity contribution < 1.29 is 14.4 Å². The molecular weight excluding hydrogens is 352 g/mol. The van der Waals surface area contributed by atoms with Gasteiger partial charge in [-0.3, -0.25) is 19.3 Å². The molecule has 1 aliphatic heterocycles. The Kier molecular flexibility index (Phi) is 4.60. The van der Waals surface area contributed by atoms with Gasteiger partial charge in [0, 0.05) is 19.4 Å². The Hall–Kier alpha value is -2.09. The zero-order valence-corrected chi connectivity index (χ0v) is 15.5. The molecule has 2 heterocycles. The highest BCUT2D eigenvalue weighted by molar-refractivity contribution is 7.15. The van der Waals surface area contributed by atoms with Crippen LogP contribution in [0.15, 0.2) is 12.2 Å². The molecule has 1 aromatic heterocycles. The molecule has 8 heteroatoms. The predicted molar refractivity (Wildman–Crippen MR) is 96.2 cm³/mol. The highest BCUT2D eigenvalue weighted by Crippen LogP contribution is 2.49. The number of nitrogens with zero attached hydrogens (tertiary/aromatic N) is 3. The third-order valence-corrected chi connectivity index (χ3v) is 6.49. The summed E-state index contributed by atoms with van der Waals surface area (Å²) >= 11 is 1.36. The summed E-state index contributed by atoms with van der Waals surface area (Å²) < 4.78 is 0. The molecule has 1 saturated heterocycles. The van der Waals surface area contributed by atoms with Crippen LogP contribution in [-0.2, 0) is 20.8 Å². The minimum Gasteiger partial charge on any atom is -0.300 e. The first-order chi connectivity index (χ1) is 12.6. The van der Waals surface area contributed by atoms with Gasteiger partial charge in [-0.2, -0.15) is 0 Å². The molecule has 1 N–H and O–H groups in total. The van der Waals surface area contributed by atoms with Crippen LogP contribution < -0.4 is 5.32 Å². The van der Waals surface area contributed by atoms with Gasteiger partial charge in [0.2, 0.25) is 22.9 Å². The monoisotopic (exact) mass is 374 g/mol. The third-order valence-electron chi connectivity index (χ3n) is 5.59. The Bertz CT molecular complexity index is 742. The van der Waals surface area contributed by atoms with Crippen LogP contribution in [0.1, 0.15) is 37.6 Å². The van der Waals surface area contributed by atoms with Gasteiger partial charge in [0.15, 0.2) is 0 Å². The molecule has 1 aromatic rings. The van der Waals surface area contributed by atoms with E-state index in [1.54, 1.807) is 0 Å². The van der Waals surface area contributed by atoms with Gasteiger partial charge in [-0.05, 0) is 31.1 Å². The second-order valence-corrected chi connectivity index (χ2v) is 8.28. The van der Waals surface area contributed by atoms with Gasteiger partial charge < -0.3 is 5.32 Å². The minimum absolute atomic E-state index is 0.0857. The molecule has 26 heavy (non-hydrogen) atoms. The van der Waals surface area contributed by atoms with Crippen LogP contribution in [0.2, 0.25) is 0 Å². The number of nitrogens with one attached hydrogen (secondary N) is 1. The Labute approximate surface area is 155 Å². The van der Waals surface area contributed by atoms with Crippen molar-refractivity contribution in [1.29, 1.82) is 0 Å². The first-order valence-corrected chi connectivity index (χ1v) is 10.1. The van der Waals surface area contributed by atoms with E-state index in [9.17, 15) is 14.4 Å². The maximum Gasteiger partial charge on any atom is 0.233 e. The fourth-order valence-electron chi connectivity index (χ4n) is 4.37. The molecule has 0 aromatic carbocycles. The van der Waals surface area contributed by atoms with Gasteiger partial charge >= 0.3 is 0 Å². The van der Waals surface area contributed by atoms with E-state index < -0.39 is 0 Å². The van der Waals surface area contributed by atoms with Crippen LogP contribution in [-0.4, -0.2) is 39.4 Å². The Morgan fingerprint density at radius 3 is 2.42 bits per heavy atom. The summed E-state index contributed by atoms with van der Waals surface area (Å²) in [4.78, 5) is 38.9. The molecule has 2 fully saturated rings. The fraction of sp³-hybridized carbons (Fsp3) is 0.611. The summed E-state index contributed by atoms with van der Waals surface area (Å²) in [5.74, 6) is -0.526. The van der Waals surface area contributed by atoms with Crippen LogP contribution in [0.25, 0.3) is 0 Å². The molecule has 4 aliphatic rings. The highest BCUT2D eigenvalue weighted by Gasteiger charge is 2.56. The molecule has 7 nitrogen and oxygen atoms in total. The van der Waals surface area contributed by atoms with Gasteiger partial charge in [-0.1, -0.05) is 30.4 Å². The Balaban J connectivity index is 1.35. The van der Waals surface area contributed by atoms with Crippen molar-refractivity contribution in [2.24, 2.45) is 23.7 Å². The highest BCUT2D eigenvalue weighted by atomic mass is 32.1. The lowest BCUT2D eigenvalue weighted by molar-refractivity contribution is -0.140. The lowest BCUT2D eigenvalue weighted by atomic mass is 9.63. The first kappa shape index (κ1) is 17.3. The topological polar surface area (TPSA) is 92.3 Å². The van der Waals surface area contributed by atoms with Crippen LogP contribution in [0.4, 0.5) is 5.13 Å². The minimum atomic E-state index is -0.249. The van der Waals surface area contributed by atoms with Gasteiger partial charge in [0.05, 0.1) is 11.8 Å². The second-order valence-electron chi connectivity index (χ2n) is 7.22. The van der Waals surface area contributed by atoms with E-state index in [1.807, 2.05) is 0 Å². The van der Waals surface area contributed by atoms with E-state index in [2.05, 4.69) is 34.6 Å². The quantitative estimate of drug-likeness (QED) is 0.607.